The quantitative estimate of drug-likeness (QED) is 0.911. The molecule has 0 heterocycles. The molecule has 0 fully saturated rings. The molecule has 2 aromatic carbocycles. The summed E-state index contributed by atoms with van der Waals surface area (Å²) in [5, 5.41) is 9.41. The van der Waals surface area contributed by atoms with Gasteiger partial charge in [0, 0.05) is 0 Å². The average Bonchev–Trinajstić information content (AvgIpc) is 2.41. The number of ether oxygens (including phenoxy) is 2. The van der Waals surface area contributed by atoms with E-state index in [1.165, 1.54) is 6.07 Å². The van der Waals surface area contributed by atoms with Crippen LogP contribution in [0, 0.1) is 0 Å². The van der Waals surface area contributed by atoms with Gasteiger partial charge in [0.2, 0.25) is 0 Å². The molecule has 3 nitrogen and oxygen atoms in total. The van der Waals surface area contributed by atoms with Crippen molar-refractivity contribution in [2.45, 2.75) is 13.3 Å². The molecule has 21 heavy (non-hydrogen) atoms. The largest absolute Gasteiger partial charge is 0.573 e. The van der Waals surface area contributed by atoms with Crippen molar-refractivity contribution in [2.75, 3.05) is 6.61 Å². The number of phenols is 1. The lowest BCUT2D eigenvalue weighted by molar-refractivity contribution is -0.275. The SMILES string of the molecule is CCOc1ccc(-c2ccc(O)c(OC(F)(F)F)c2)cc1. The number of rotatable bonds is 4. The van der Waals surface area contributed by atoms with Crippen LogP contribution in [0.25, 0.3) is 11.1 Å². The monoisotopic (exact) mass is 298 g/mol. The number of phenolic OH excluding ortho intramolecular Hbond substituents is 1. The third-order valence-corrected chi connectivity index (χ3v) is 2.68. The maximum atomic E-state index is 12.2. The molecule has 2 aromatic rings. The number of alkyl halides is 3. The highest BCUT2D eigenvalue weighted by Crippen LogP contribution is 2.35. The van der Waals surface area contributed by atoms with Crippen molar-refractivity contribution in [3.8, 4) is 28.4 Å². The molecule has 0 atom stereocenters. The van der Waals surface area contributed by atoms with Gasteiger partial charge in [0.15, 0.2) is 11.5 Å². The molecule has 1 N–H and O–H groups in total. The Morgan fingerprint density at radius 3 is 2.19 bits per heavy atom. The lowest BCUT2D eigenvalue weighted by Gasteiger charge is -2.12. The van der Waals surface area contributed by atoms with Gasteiger partial charge in [-0.25, -0.2) is 0 Å². The third kappa shape index (κ3) is 4.05. The van der Waals surface area contributed by atoms with Crippen LogP contribution in [0.2, 0.25) is 0 Å². The van der Waals surface area contributed by atoms with E-state index in [1.807, 2.05) is 6.92 Å². The Labute approximate surface area is 119 Å². The van der Waals surface area contributed by atoms with Crippen molar-refractivity contribution in [3.05, 3.63) is 42.5 Å². The summed E-state index contributed by atoms with van der Waals surface area (Å²) in [6, 6.07) is 10.7. The van der Waals surface area contributed by atoms with Gasteiger partial charge in [0.1, 0.15) is 5.75 Å². The standard InChI is InChI=1S/C15H13F3O3/c1-2-20-12-6-3-10(4-7-12)11-5-8-13(19)14(9-11)21-15(16,17)18/h3-9,19H,2H2,1H3. The van der Waals surface area contributed by atoms with Gasteiger partial charge in [0.25, 0.3) is 0 Å². The zero-order valence-corrected chi connectivity index (χ0v) is 11.1. The Kier molecular flexibility index (Phi) is 4.26. The normalized spacial score (nSPS) is 11.2. The highest BCUT2D eigenvalue weighted by atomic mass is 19.4. The summed E-state index contributed by atoms with van der Waals surface area (Å²) in [4.78, 5) is 0. The van der Waals surface area contributed by atoms with Crippen LogP contribution in [0.4, 0.5) is 13.2 Å². The summed E-state index contributed by atoms with van der Waals surface area (Å²) >= 11 is 0. The number of hydrogen-bond acceptors (Lipinski definition) is 3. The van der Waals surface area contributed by atoms with Crippen LogP contribution < -0.4 is 9.47 Å². The summed E-state index contributed by atoms with van der Waals surface area (Å²) in [7, 11) is 0. The lowest BCUT2D eigenvalue weighted by atomic mass is 10.1. The minimum Gasteiger partial charge on any atom is -0.504 e. The van der Waals surface area contributed by atoms with Crippen LogP contribution in [0.1, 0.15) is 6.92 Å². The van der Waals surface area contributed by atoms with Crippen LogP contribution in [-0.4, -0.2) is 18.1 Å². The maximum Gasteiger partial charge on any atom is 0.573 e. The Morgan fingerprint density at radius 2 is 1.62 bits per heavy atom. The molecule has 0 aliphatic carbocycles. The number of aromatic hydroxyl groups is 1. The average molecular weight is 298 g/mol. The molecule has 0 saturated carbocycles. The molecule has 112 valence electrons. The highest BCUT2D eigenvalue weighted by molar-refractivity contribution is 5.67. The zero-order valence-electron chi connectivity index (χ0n) is 11.1. The lowest BCUT2D eigenvalue weighted by Crippen LogP contribution is -2.17. The summed E-state index contributed by atoms with van der Waals surface area (Å²) in [5.74, 6) is -0.525. The van der Waals surface area contributed by atoms with Crippen LogP contribution in [0.15, 0.2) is 42.5 Å². The first kappa shape index (κ1) is 15.0. The molecule has 6 heteroatoms. The van der Waals surface area contributed by atoms with Crippen LogP contribution >= 0.6 is 0 Å². The first-order valence-electron chi connectivity index (χ1n) is 6.21. The van der Waals surface area contributed by atoms with E-state index in [0.29, 0.717) is 23.5 Å². The van der Waals surface area contributed by atoms with E-state index >= 15 is 0 Å². The number of benzene rings is 2. The number of halogens is 3. The molecule has 0 saturated heterocycles. The molecule has 0 bridgehead atoms. The van der Waals surface area contributed by atoms with Crippen molar-refractivity contribution in [1.29, 1.82) is 0 Å². The molecular weight excluding hydrogens is 285 g/mol. The van der Waals surface area contributed by atoms with E-state index in [1.54, 1.807) is 24.3 Å². The van der Waals surface area contributed by atoms with Crippen molar-refractivity contribution in [1.82, 2.24) is 0 Å². The summed E-state index contributed by atoms with van der Waals surface area (Å²) in [5.41, 5.74) is 1.18. The predicted molar refractivity (Wildman–Crippen MR) is 71.4 cm³/mol. The van der Waals surface area contributed by atoms with Gasteiger partial charge in [0.05, 0.1) is 6.61 Å². The van der Waals surface area contributed by atoms with Gasteiger partial charge in [-0.3, -0.25) is 0 Å². The fourth-order valence-electron chi connectivity index (χ4n) is 1.81. The Bertz CT molecular complexity index is 607. The summed E-state index contributed by atoms with van der Waals surface area (Å²) in [6.45, 7) is 2.39. The fourth-order valence-corrected chi connectivity index (χ4v) is 1.81. The zero-order chi connectivity index (χ0) is 15.5. The minimum absolute atomic E-state index is 0.495. The van der Waals surface area contributed by atoms with Gasteiger partial charge in [-0.05, 0) is 42.3 Å². The Hall–Kier alpha value is -2.37. The third-order valence-electron chi connectivity index (χ3n) is 2.68. The molecule has 0 amide bonds. The van der Waals surface area contributed by atoms with E-state index < -0.39 is 17.9 Å². The van der Waals surface area contributed by atoms with Crippen molar-refractivity contribution in [2.24, 2.45) is 0 Å². The van der Waals surface area contributed by atoms with Crippen LogP contribution in [0.3, 0.4) is 0 Å². The molecular formula is C15H13F3O3. The molecule has 2 rings (SSSR count). The van der Waals surface area contributed by atoms with Gasteiger partial charge in [-0.15, -0.1) is 13.2 Å². The van der Waals surface area contributed by atoms with Crippen molar-refractivity contribution < 1.29 is 27.8 Å². The van der Waals surface area contributed by atoms with Crippen LogP contribution in [-0.2, 0) is 0 Å². The summed E-state index contributed by atoms with van der Waals surface area (Å²) in [6.07, 6.45) is -4.85. The second-order valence-electron chi connectivity index (χ2n) is 4.19. The van der Waals surface area contributed by atoms with Crippen molar-refractivity contribution in [3.63, 3.8) is 0 Å². The first-order chi connectivity index (χ1) is 9.89. The van der Waals surface area contributed by atoms with Gasteiger partial charge >= 0.3 is 6.36 Å². The molecule has 0 radical (unpaired) electrons. The van der Waals surface area contributed by atoms with E-state index in [0.717, 1.165) is 12.1 Å². The second kappa shape index (κ2) is 5.95. The number of hydrogen-bond donors (Lipinski definition) is 1. The molecule has 0 aliphatic rings. The predicted octanol–water partition coefficient (Wildman–Crippen LogP) is 4.36. The van der Waals surface area contributed by atoms with E-state index in [2.05, 4.69) is 4.74 Å². The van der Waals surface area contributed by atoms with Gasteiger partial charge in [-0.2, -0.15) is 0 Å². The van der Waals surface area contributed by atoms with Crippen LogP contribution in [0.5, 0.6) is 17.2 Å². The summed E-state index contributed by atoms with van der Waals surface area (Å²) < 4.78 is 45.8. The second-order valence-corrected chi connectivity index (χ2v) is 4.19. The van der Waals surface area contributed by atoms with E-state index in [4.69, 9.17) is 4.74 Å². The van der Waals surface area contributed by atoms with Gasteiger partial charge < -0.3 is 14.6 Å². The van der Waals surface area contributed by atoms with Crippen molar-refractivity contribution >= 4 is 0 Å². The highest BCUT2D eigenvalue weighted by Gasteiger charge is 2.32. The van der Waals surface area contributed by atoms with E-state index in [-0.39, 0.29) is 0 Å². The first-order valence-corrected chi connectivity index (χ1v) is 6.21. The van der Waals surface area contributed by atoms with E-state index in [9.17, 15) is 18.3 Å². The Balaban J connectivity index is 2.29. The molecule has 0 aliphatic heterocycles. The topological polar surface area (TPSA) is 38.7 Å². The molecule has 0 unspecified atom stereocenters. The smallest absolute Gasteiger partial charge is 0.504 e. The maximum absolute atomic E-state index is 12.2. The Morgan fingerprint density at radius 1 is 1.00 bits per heavy atom. The fraction of sp³-hybridized carbons (Fsp3) is 0.200. The minimum atomic E-state index is -4.85. The van der Waals surface area contributed by atoms with Gasteiger partial charge in [-0.1, -0.05) is 18.2 Å². The molecule has 0 aromatic heterocycles. The molecule has 0 spiro atoms.